The van der Waals surface area contributed by atoms with E-state index in [0.717, 1.165) is 51.3 Å². The van der Waals surface area contributed by atoms with Crippen LogP contribution in [0.3, 0.4) is 0 Å². The average molecular weight is 672 g/mol. The van der Waals surface area contributed by atoms with Crippen molar-refractivity contribution in [3.8, 4) is 11.5 Å². The van der Waals surface area contributed by atoms with Gasteiger partial charge in [-0.15, -0.1) is 0 Å². The number of sulfone groups is 1. The minimum Gasteiger partial charge on any atom is -0.490 e. The molecule has 0 saturated carbocycles. The van der Waals surface area contributed by atoms with Gasteiger partial charge in [0.1, 0.15) is 9.84 Å². The topological polar surface area (TPSA) is 150 Å². The van der Waals surface area contributed by atoms with Crippen molar-refractivity contribution in [1.29, 1.82) is 0 Å². The Morgan fingerprint density at radius 2 is 1.70 bits per heavy atom. The van der Waals surface area contributed by atoms with Crippen molar-refractivity contribution >= 4 is 15.7 Å². The zero-order valence-electron chi connectivity index (χ0n) is 29.0. The van der Waals surface area contributed by atoms with Crippen molar-refractivity contribution in [2.75, 3.05) is 78.3 Å². The number of carbonyl (C=O) groups is 1. The van der Waals surface area contributed by atoms with Crippen molar-refractivity contribution in [3.63, 3.8) is 0 Å². The van der Waals surface area contributed by atoms with Gasteiger partial charge in [0.25, 0.3) is 0 Å². The maximum atomic E-state index is 13.1. The fraction of sp³-hybridized carbons (Fsp3) is 0.794. The number of amides is 1. The molecule has 1 fully saturated rings. The number of nitrogens with zero attached hydrogens (tertiary/aromatic N) is 1. The van der Waals surface area contributed by atoms with Gasteiger partial charge in [-0.2, -0.15) is 0 Å². The molecule has 11 nitrogen and oxygen atoms in total. The first-order valence-electron chi connectivity index (χ1n) is 16.9. The van der Waals surface area contributed by atoms with E-state index in [1.807, 2.05) is 32.0 Å². The van der Waals surface area contributed by atoms with Crippen LogP contribution in [0.25, 0.3) is 0 Å². The number of hydrogen-bond donors (Lipinski definition) is 3. The maximum absolute atomic E-state index is 13.1. The summed E-state index contributed by atoms with van der Waals surface area (Å²) in [6.45, 7) is 14.2. The highest BCUT2D eigenvalue weighted by molar-refractivity contribution is 7.90. The summed E-state index contributed by atoms with van der Waals surface area (Å²) in [5.41, 5.74) is 7.66. The zero-order chi connectivity index (χ0) is 34.1. The summed E-state index contributed by atoms with van der Waals surface area (Å²) >= 11 is 0. The Balaban J connectivity index is 2.01. The normalized spacial score (nSPS) is 17.1. The highest BCUT2D eigenvalue weighted by atomic mass is 32.2. The summed E-state index contributed by atoms with van der Waals surface area (Å²) in [4.78, 5) is 15.4. The molecule has 1 aliphatic heterocycles. The van der Waals surface area contributed by atoms with Crippen LogP contribution in [0, 0.1) is 23.7 Å². The Kier molecular flexibility index (Phi) is 18.4. The van der Waals surface area contributed by atoms with Gasteiger partial charge in [-0.25, -0.2) is 8.42 Å². The standard InChI is InChI=1S/C34H61N3O8S/c1-25(2)28(21-27-9-10-32(44-17-8-20-46(6,40)41)33(22-27)45-16-7-15-42-5)23-30(35)31(38)24-29(26(3)4)34(39)36-11-12-37-13-18-43-19-14-37/h9-10,22,25-26,28-31,38H,7-8,11-21,23-24,35H2,1-6H3,(H,36,39)/t28-,29-,30-,31-/m0/s1. The number of carbonyl (C=O) groups excluding carboxylic acids is 1. The van der Waals surface area contributed by atoms with E-state index < -0.39 is 22.0 Å². The summed E-state index contributed by atoms with van der Waals surface area (Å²) in [7, 11) is -1.41. The molecule has 0 bridgehead atoms. The summed E-state index contributed by atoms with van der Waals surface area (Å²) in [6.07, 6.45) is 3.19. The molecule has 1 aromatic carbocycles. The highest BCUT2D eigenvalue weighted by Crippen LogP contribution is 2.32. The lowest BCUT2D eigenvalue weighted by Crippen LogP contribution is -2.45. The molecule has 0 aliphatic carbocycles. The van der Waals surface area contributed by atoms with Gasteiger partial charge in [-0.1, -0.05) is 33.8 Å². The number of methoxy groups -OCH3 is 1. The van der Waals surface area contributed by atoms with E-state index in [-0.39, 0.29) is 36.0 Å². The lowest BCUT2D eigenvalue weighted by atomic mass is 9.81. The number of morpholine rings is 1. The smallest absolute Gasteiger partial charge is 0.223 e. The third-order valence-electron chi connectivity index (χ3n) is 8.65. The molecule has 1 amide bonds. The van der Waals surface area contributed by atoms with Crippen LogP contribution in [0.2, 0.25) is 0 Å². The number of nitrogens with two attached hydrogens (primary N) is 1. The molecule has 1 aromatic rings. The molecule has 12 heteroatoms. The van der Waals surface area contributed by atoms with Crippen LogP contribution in [0.4, 0.5) is 0 Å². The minimum atomic E-state index is -3.06. The van der Waals surface area contributed by atoms with Crippen LogP contribution >= 0.6 is 0 Å². The molecule has 0 spiro atoms. The van der Waals surface area contributed by atoms with Gasteiger partial charge in [-0.3, -0.25) is 9.69 Å². The molecule has 4 atom stereocenters. The zero-order valence-corrected chi connectivity index (χ0v) is 29.9. The molecule has 0 unspecified atom stereocenters. The number of nitrogens with one attached hydrogen (secondary N) is 1. The molecule has 1 heterocycles. The Bertz CT molecular complexity index is 1110. The summed E-state index contributed by atoms with van der Waals surface area (Å²) in [5, 5.41) is 14.2. The lowest BCUT2D eigenvalue weighted by Gasteiger charge is -2.30. The Hall–Kier alpha value is -1.96. The number of benzene rings is 1. The van der Waals surface area contributed by atoms with E-state index in [2.05, 4.69) is 24.1 Å². The van der Waals surface area contributed by atoms with Crippen LogP contribution in [0.5, 0.6) is 11.5 Å². The van der Waals surface area contributed by atoms with Crippen LogP contribution < -0.4 is 20.5 Å². The Morgan fingerprint density at radius 3 is 2.33 bits per heavy atom. The number of aliphatic hydroxyl groups is 1. The molecule has 0 aromatic heterocycles. The van der Waals surface area contributed by atoms with E-state index in [1.54, 1.807) is 7.11 Å². The lowest BCUT2D eigenvalue weighted by molar-refractivity contribution is -0.127. The van der Waals surface area contributed by atoms with E-state index >= 15 is 0 Å². The SMILES string of the molecule is COCCCOc1cc(C[C@@H](C[C@H](N)[C@@H](O)C[C@H](C(=O)NCCN2CCOCC2)C(C)C)C(C)C)ccc1OCCCS(C)(=O)=O. The predicted octanol–water partition coefficient (Wildman–Crippen LogP) is 2.92. The van der Waals surface area contributed by atoms with Crippen molar-refractivity contribution in [2.45, 2.75) is 71.9 Å². The molecule has 1 saturated heterocycles. The molecule has 1 aliphatic rings. The van der Waals surface area contributed by atoms with E-state index in [9.17, 15) is 18.3 Å². The molecular formula is C34H61N3O8S. The fourth-order valence-electron chi connectivity index (χ4n) is 5.61. The van der Waals surface area contributed by atoms with Gasteiger partial charge < -0.3 is 35.1 Å². The van der Waals surface area contributed by atoms with E-state index in [4.69, 9.17) is 24.7 Å². The second-order valence-corrected chi connectivity index (χ2v) is 15.6. The fourth-order valence-corrected chi connectivity index (χ4v) is 6.25. The van der Waals surface area contributed by atoms with Gasteiger partial charge in [0.2, 0.25) is 5.91 Å². The molecule has 46 heavy (non-hydrogen) atoms. The van der Waals surface area contributed by atoms with Crippen LogP contribution in [0.1, 0.15) is 58.9 Å². The summed E-state index contributed by atoms with van der Waals surface area (Å²) in [5.74, 6) is 1.45. The Morgan fingerprint density at radius 1 is 1.02 bits per heavy atom. The average Bonchev–Trinajstić information content (AvgIpc) is 3.00. The molecule has 4 N–H and O–H groups in total. The van der Waals surface area contributed by atoms with Crippen molar-refractivity contribution in [2.24, 2.45) is 29.4 Å². The van der Waals surface area contributed by atoms with Crippen molar-refractivity contribution < 1.29 is 37.3 Å². The van der Waals surface area contributed by atoms with Gasteiger partial charge >= 0.3 is 0 Å². The largest absolute Gasteiger partial charge is 0.490 e. The molecular weight excluding hydrogens is 610 g/mol. The number of hydrogen-bond acceptors (Lipinski definition) is 10. The molecule has 2 rings (SSSR count). The van der Waals surface area contributed by atoms with E-state index in [1.165, 1.54) is 6.26 Å². The summed E-state index contributed by atoms with van der Waals surface area (Å²) in [6, 6.07) is 5.38. The van der Waals surface area contributed by atoms with Crippen molar-refractivity contribution in [1.82, 2.24) is 10.2 Å². The molecule has 266 valence electrons. The predicted molar refractivity (Wildman–Crippen MR) is 182 cm³/mol. The van der Waals surface area contributed by atoms with Gasteiger partial charge in [0, 0.05) is 64.5 Å². The first-order chi connectivity index (χ1) is 21.8. The van der Waals surface area contributed by atoms with E-state index in [0.29, 0.717) is 56.4 Å². The summed E-state index contributed by atoms with van der Waals surface area (Å²) < 4.78 is 45.5. The number of rotatable bonds is 23. The first-order valence-corrected chi connectivity index (χ1v) is 18.9. The Labute approximate surface area is 277 Å². The number of aliphatic hydroxyl groups excluding tert-OH is 1. The first kappa shape index (κ1) is 40.2. The van der Waals surface area contributed by atoms with Crippen molar-refractivity contribution in [3.05, 3.63) is 23.8 Å². The van der Waals surface area contributed by atoms with Gasteiger partial charge in [0.15, 0.2) is 11.5 Å². The third kappa shape index (κ3) is 15.8. The highest BCUT2D eigenvalue weighted by Gasteiger charge is 2.30. The maximum Gasteiger partial charge on any atom is 0.223 e. The minimum absolute atomic E-state index is 0.0356. The van der Waals surface area contributed by atoms with Crippen LogP contribution in [0.15, 0.2) is 18.2 Å². The van der Waals surface area contributed by atoms with Gasteiger partial charge in [0.05, 0.1) is 38.3 Å². The van der Waals surface area contributed by atoms with Crippen LogP contribution in [-0.2, 0) is 30.5 Å². The second-order valence-electron chi connectivity index (χ2n) is 13.3. The van der Waals surface area contributed by atoms with Gasteiger partial charge in [-0.05, 0) is 61.1 Å². The van der Waals surface area contributed by atoms with Crippen LogP contribution in [-0.4, -0.2) is 115 Å². The molecule has 0 radical (unpaired) electrons. The second kappa shape index (κ2) is 21.1. The monoisotopic (exact) mass is 671 g/mol. The third-order valence-corrected chi connectivity index (χ3v) is 9.68. The number of ether oxygens (including phenoxy) is 4. The quantitative estimate of drug-likeness (QED) is 0.148.